The maximum Gasteiger partial charge on any atom is 0.309 e. The lowest BCUT2D eigenvalue weighted by atomic mass is 9.78. The molecule has 0 aromatic heterocycles. The summed E-state index contributed by atoms with van der Waals surface area (Å²) in [6.07, 6.45) is 3.05. The Balaban J connectivity index is 2.30. The van der Waals surface area contributed by atoms with Crippen molar-refractivity contribution in [1.82, 2.24) is 0 Å². The van der Waals surface area contributed by atoms with Crippen molar-refractivity contribution >= 4 is 29.4 Å². The molecule has 0 saturated carbocycles. The third kappa shape index (κ3) is 6.05. The molecule has 1 unspecified atom stereocenters. The number of allylic oxidation sites excluding steroid dienone is 3. The van der Waals surface area contributed by atoms with Crippen molar-refractivity contribution in [1.29, 1.82) is 0 Å². The number of halogens is 1. The molecular weight excluding hydrogens is 461 g/mol. The lowest BCUT2D eigenvalue weighted by Gasteiger charge is -2.29. The number of rotatable bonds is 12. The Morgan fingerprint density at radius 3 is 2.42 bits per heavy atom. The monoisotopic (exact) mass is 495 g/mol. The molecule has 8 heteroatoms. The summed E-state index contributed by atoms with van der Waals surface area (Å²) in [6, 6.07) is 4.32. The Hall–Kier alpha value is -3.81. The van der Waals surface area contributed by atoms with Gasteiger partial charge < -0.3 is 20.4 Å². The molecule has 1 aliphatic rings. The average molecular weight is 496 g/mol. The fraction of sp³-hybridized carbons (Fsp3) is 0.357. The van der Waals surface area contributed by atoms with Gasteiger partial charge in [0.2, 0.25) is 0 Å². The van der Waals surface area contributed by atoms with Crippen molar-refractivity contribution < 1.29 is 23.8 Å². The van der Waals surface area contributed by atoms with Gasteiger partial charge in [-0.15, -0.1) is 0 Å². The van der Waals surface area contributed by atoms with Gasteiger partial charge in [-0.05, 0) is 77.7 Å². The fourth-order valence-electron chi connectivity index (χ4n) is 3.65. The van der Waals surface area contributed by atoms with Crippen LogP contribution in [0.4, 0.5) is 10.1 Å². The van der Waals surface area contributed by atoms with Crippen LogP contribution >= 0.6 is 0 Å². The predicted molar refractivity (Wildman–Crippen MR) is 141 cm³/mol. The van der Waals surface area contributed by atoms with Crippen molar-refractivity contribution in [2.75, 3.05) is 0 Å². The summed E-state index contributed by atoms with van der Waals surface area (Å²) in [5, 5.41) is 9.29. The van der Waals surface area contributed by atoms with Gasteiger partial charge >= 0.3 is 5.97 Å². The second kappa shape index (κ2) is 10.8. The van der Waals surface area contributed by atoms with Crippen LogP contribution in [0.1, 0.15) is 59.9 Å². The molecule has 0 saturated heterocycles. The van der Waals surface area contributed by atoms with Crippen LogP contribution in [0.3, 0.4) is 0 Å². The average Bonchev–Trinajstić information content (AvgIpc) is 2.77. The zero-order valence-corrected chi connectivity index (χ0v) is 21.7. The summed E-state index contributed by atoms with van der Waals surface area (Å²) in [5.74, 6) is -1.07. The van der Waals surface area contributed by atoms with Gasteiger partial charge in [0.05, 0.1) is 28.8 Å². The van der Waals surface area contributed by atoms with Gasteiger partial charge in [0.15, 0.2) is 0 Å². The van der Waals surface area contributed by atoms with Crippen molar-refractivity contribution in [3.05, 3.63) is 77.3 Å². The first kappa shape index (κ1) is 28.4. The molecule has 0 fully saturated rings. The number of carboxylic acids is 1. The summed E-state index contributed by atoms with van der Waals surface area (Å²) in [4.78, 5) is 32.4. The number of hydrogen-bond acceptors (Lipinski definition) is 6. The zero-order chi connectivity index (χ0) is 27.4. The second-order valence-electron chi connectivity index (χ2n) is 9.87. The molecule has 3 N–H and O–H groups in total. The number of hydrogen-bond donors (Lipinski definition) is 2. The highest BCUT2D eigenvalue weighted by Crippen LogP contribution is 2.39. The first-order valence-corrected chi connectivity index (χ1v) is 11.5. The highest BCUT2D eigenvalue weighted by molar-refractivity contribution is 6.51. The largest absolute Gasteiger partial charge is 0.481 e. The Morgan fingerprint density at radius 1 is 1.25 bits per heavy atom. The number of aliphatic carboxylic acids is 1. The Labute approximate surface area is 211 Å². The number of carbonyl (C=O) groups excluding carboxylic acids is 1. The molecule has 192 valence electrons. The molecule has 7 nitrogen and oxygen atoms in total. The van der Waals surface area contributed by atoms with E-state index in [9.17, 15) is 19.1 Å². The highest BCUT2D eigenvalue weighted by Gasteiger charge is 2.37. The summed E-state index contributed by atoms with van der Waals surface area (Å²) in [6.45, 7) is 18.1. The van der Waals surface area contributed by atoms with Crippen LogP contribution in [0.2, 0.25) is 0 Å². The van der Waals surface area contributed by atoms with Crippen LogP contribution < -0.4 is 5.73 Å². The van der Waals surface area contributed by atoms with Crippen molar-refractivity contribution in [2.45, 2.75) is 54.4 Å². The van der Waals surface area contributed by atoms with E-state index in [-0.39, 0.29) is 17.4 Å². The maximum absolute atomic E-state index is 13.4. The van der Waals surface area contributed by atoms with Gasteiger partial charge in [-0.1, -0.05) is 13.2 Å². The van der Waals surface area contributed by atoms with E-state index in [4.69, 9.17) is 10.5 Å². The third-order valence-corrected chi connectivity index (χ3v) is 6.22. The van der Waals surface area contributed by atoms with E-state index in [1.807, 2.05) is 6.92 Å². The first-order chi connectivity index (χ1) is 16.6. The molecule has 0 bridgehead atoms. The van der Waals surface area contributed by atoms with E-state index >= 15 is 0 Å². The third-order valence-electron chi connectivity index (χ3n) is 6.22. The molecule has 1 aromatic rings. The van der Waals surface area contributed by atoms with Crippen molar-refractivity contribution in [2.24, 2.45) is 26.5 Å². The molecule has 36 heavy (non-hydrogen) atoms. The van der Waals surface area contributed by atoms with E-state index < -0.39 is 16.8 Å². The Morgan fingerprint density at radius 2 is 1.89 bits per heavy atom. The molecule has 2 rings (SSSR count). The van der Waals surface area contributed by atoms with Crippen LogP contribution in [0, 0.1) is 16.6 Å². The molecule has 0 aliphatic carbocycles. The van der Waals surface area contributed by atoms with Gasteiger partial charge in [-0.2, -0.15) is 0 Å². The summed E-state index contributed by atoms with van der Waals surface area (Å²) in [5.41, 5.74) is 8.14. The van der Waals surface area contributed by atoms with Crippen molar-refractivity contribution in [3.63, 3.8) is 0 Å². The van der Waals surface area contributed by atoms with Gasteiger partial charge in [-0.3, -0.25) is 4.79 Å². The van der Waals surface area contributed by atoms with Crippen molar-refractivity contribution in [3.8, 4) is 0 Å². The molecule has 1 atom stereocenters. The minimum atomic E-state index is -1.36. The van der Waals surface area contributed by atoms with Gasteiger partial charge in [0, 0.05) is 17.2 Å². The van der Waals surface area contributed by atoms with E-state index in [1.54, 1.807) is 40.7 Å². The lowest BCUT2D eigenvalue weighted by Crippen LogP contribution is -2.28. The molecule has 1 aromatic carbocycles. The second-order valence-corrected chi connectivity index (χ2v) is 9.87. The number of ether oxygens (including phenoxy) is 1. The normalized spacial score (nSPS) is 16.0. The van der Waals surface area contributed by atoms with Crippen LogP contribution in [0.25, 0.3) is 0 Å². The van der Waals surface area contributed by atoms with E-state index in [1.165, 1.54) is 18.4 Å². The molecule has 0 spiro atoms. The van der Waals surface area contributed by atoms with Crippen LogP contribution in [0.5, 0.6) is 0 Å². The number of aldehydes is 1. The smallest absolute Gasteiger partial charge is 0.309 e. The molecule has 0 radical (unpaired) electrons. The van der Waals surface area contributed by atoms with Gasteiger partial charge in [-0.25, -0.2) is 14.4 Å². The molecular formula is C28H34FN3O4. The van der Waals surface area contributed by atoms with E-state index in [2.05, 4.69) is 23.1 Å². The minimum absolute atomic E-state index is 0.0570. The standard InChI is InChI=1S/C28H34FN3O4/c1-16(2)23(25(30)31-18(4)24-21-10-9-20(29)13-22(21)32-24)28(8,15-33)19(5)36-14-17(3)11-12-27(6,7)26(34)35/h9-10,13-15H,1,5,11-12,30H2,2-4,6-8H3,(H,34,35)/b17-14+,25-23+,31-18+. The number of nitrogens with two attached hydrogens (primary N) is 1. The maximum atomic E-state index is 13.4. The molecule has 0 amide bonds. The fourth-order valence-corrected chi connectivity index (χ4v) is 3.65. The number of nitrogens with zero attached hydrogens (tertiary/aromatic N) is 2. The molecule has 1 aliphatic heterocycles. The number of benzene rings is 1. The summed E-state index contributed by atoms with van der Waals surface area (Å²) in [7, 11) is 0. The minimum Gasteiger partial charge on any atom is -0.481 e. The predicted octanol–water partition coefficient (Wildman–Crippen LogP) is 6.00. The topological polar surface area (TPSA) is 114 Å². The van der Waals surface area contributed by atoms with Crippen LogP contribution in [-0.2, 0) is 14.3 Å². The Kier molecular flexibility index (Phi) is 8.57. The highest BCUT2D eigenvalue weighted by atomic mass is 19.1. The van der Waals surface area contributed by atoms with Crippen LogP contribution in [-0.4, -0.2) is 28.8 Å². The van der Waals surface area contributed by atoms with Gasteiger partial charge in [0.25, 0.3) is 0 Å². The number of fused-ring (bicyclic) bond motifs is 1. The van der Waals surface area contributed by atoms with E-state index in [0.29, 0.717) is 47.4 Å². The number of carboxylic acid groups (broad SMARTS) is 1. The first-order valence-electron chi connectivity index (χ1n) is 11.5. The number of aliphatic imine (C=N–C) groups is 2. The Bertz CT molecular complexity index is 1240. The summed E-state index contributed by atoms with van der Waals surface area (Å²) < 4.78 is 19.1. The zero-order valence-electron chi connectivity index (χ0n) is 21.7. The van der Waals surface area contributed by atoms with Gasteiger partial charge in [0.1, 0.15) is 29.1 Å². The van der Waals surface area contributed by atoms with Crippen LogP contribution in [0.15, 0.2) is 75.9 Å². The lowest BCUT2D eigenvalue weighted by molar-refractivity contribution is -0.147. The quantitative estimate of drug-likeness (QED) is 0.160. The molecule has 1 heterocycles. The number of carbonyl (C=O) groups is 2. The van der Waals surface area contributed by atoms with E-state index in [0.717, 1.165) is 11.1 Å². The summed E-state index contributed by atoms with van der Waals surface area (Å²) >= 11 is 0. The SMILES string of the molecule is C=C(C)/C(=C(N)\N=C(/C)C1=Nc2cc(F)ccc21)C(C)(C=O)C(=C)O/C=C(\C)CCC(C)(C)C(=O)O.